The molecule has 0 unspecified atom stereocenters. The monoisotopic (exact) mass is 345 g/mol. The molecule has 126 valence electrons. The summed E-state index contributed by atoms with van der Waals surface area (Å²) in [6, 6.07) is 3.91. The normalized spacial score (nSPS) is 21.8. The van der Waals surface area contributed by atoms with Gasteiger partial charge in [-0.05, 0) is 24.1 Å². The maximum atomic E-state index is 12.3. The first-order valence-corrected chi connectivity index (χ1v) is 8.99. The van der Waals surface area contributed by atoms with Crippen molar-refractivity contribution >= 4 is 17.2 Å². The standard InChI is InChI=1S/C17H19N3O3S/c21-16(15-9-24-12-19-15)20-10-17(11-20)14(3-6-23-17)8-22-7-13-1-4-18-5-2-13/h1-2,4-5,9,12,14H,3,6-8,10-11H2/t14-/m1/s1. The molecule has 0 bridgehead atoms. The quantitative estimate of drug-likeness (QED) is 0.829. The van der Waals surface area contributed by atoms with Crippen LogP contribution in [-0.2, 0) is 16.1 Å². The molecule has 2 aliphatic heterocycles. The van der Waals surface area contributed by atoms with Crippen LogP contribution in [0.15, 0.2) is 35.4 Å². The van der Waals surface area contributed by atoms with Crippen molar-refractivity contribution in [1.82, 2.24) is 14.9 Å². The zero-order valence-electron chi connectivity index (χ0n) is 13.3. The maximum absolute atomic E-state index is 12.3. The van der Waals surface area contributed by atoms with Crippen molar-refractivity contribution in [1.29, 1.82) is 0 Å². The summed E-state index contributed by atoms with van der Waals surface area (Å²) in [7, 11) is 0. The summed E-state index contributed by atoms with van der Waals surface area (Å²) in [6.07, 6.45) is 4.52. The molecule has 4 heterocycles. The fourth-order valence-corrected chi connectivity index (χ4v) is 3.92. The van der Waals surface area contributed by atoms with Crippen LogP contribution in [0, 0.1) is 5.92 Å². The zero-order valence-corrected chi connectivity index (χ0v) is 14.1. The highest BCUT2D eigenvalue weighted by Crippen LogP contribution is 2.40. The van der Waals surface area contributed by atoms with Gasteiger partial charge in [0.2, 0.25) is 0 Å². The van der Waals surface area contributed by atoms with E-state index in [0.717, 1.165) is 18.6 Å². The lowest BCUT2D eigenvalue weighted by molar-refractivity contribution is -0.129. The third kappa shape index (κ3) is 2.94. The van der Waals surface area contributed by atoms with Gasteiger partial charge in [0.15, 0.2) is 0 Å². The summed E-state index contributed by atoms with van der Waals surface area (Å²) < 4.78 is 11.9. The van der Waals surface area contributed by atoms with Gasteiger partial charge < -0.3 is 14.4 Å². The molecule has 1 atom stereocenters. The minimum absolute atomic E-state index is 0.00571. The highest BCUT2D eigenvalue weighted by molar-refractivity contribution is 7.07. The van der Waals surface area contributed by atoms with E-state index in [2.05, 4.69) is 9.97 Å². The molecular formula is C17H19N3O3S. The van der Waals surface area contributed by atoms with E-state index < -0.39 is 0 Å². The van der Waals surface area contributed by atoms with Gasteiger partial charge in [-0.25, -0.2) is 4.98 Å². The fraction of sp³-hybridized carbons (Fsp3) is 0.471. The highest BCUT2D eigenvalue weighted by atomic mass is 32.1. The van der Waals surface area contributed by atoms with E-state index in [1.807, 2.05) is 17.0 Å². The van der Waals surface area contributed by atoms with E-state index in [-0.39, 0.29) is 11.5 Å². The Morgan fingerprint density at radius 2 is 2.25 bits per heavy atom. The van der Waals surface area contributed by atoms with Crippen LogP contribution in [0.2, 0.25) is 0 Å². The molecule has 2 aromatic rings. The Bertz CT molecular complexity index is 686. The molecule has 0 saturated carbocycles. The number of ether oxygens (including phenoxy) is 2. The SMILES string of the molecule is O=C(c1cscn1)N1CC2(C1)OCC[C@@H]2COCc1ccncc1. The van der Waals surface area contributed by atoms with Crippen LogP contribution in [0.1, 0.15) is 22.5 Å². The Morgan fingerprint density at radius 1 is 1.42 bits per heavy atom. The third-order valence-electron chi connectivity index (χ3n) is 4.79. The van der Waals surface area contributed by atoms with Crippen molar-refractivity contribution in [2.24, 2.45) is 5.92 Å². The van der Waals surface area contributed by atoms with Gasteiger partial charge in [-0.15, -0.1) is 11.3 Å². The van der Waals surface area contributed by atoms with E-state index in [1.54, 1.807) is 23.3 Å². The predicted octanol–water partition coefficient (Wildman–Crippen LogP) is 1.99. The summed E-state index contributed by atoms with van der Waals surface area (Å²) in [5.41, 5.74) is 3.10. The Morgan fingerprint density at radius 3 is 3.00 bits per heavy atom. The Hall–Kier alpha value is -1.83. The zero-order chi connectivity index (χ0) is 16.4. The summed E-state index contributed by atoms with van der Waals surface area (Å²) in [5, 5.41) is 1.79. The van der Waals surface area contributed by atoms with Crippen molar-refractivity contribution in [2.45, 2.75) is 18.6 Å². The summed E-state index contributed by atoms with van der Waals surface area (Å²) in [4.78, 5) is 22.2. The van der Waals surface area contributed by atoms with Gasteiger partial charge in [-0.3, -0.25) is 9.78 Å². The summed E-state index contributed by atoms with van der Waals surface area (Å²) in [6.45, 7) is 3.24. The number of carbonyl (C=O) groups is 1. The van der Waals surface area contributed by atoms with Gasteiger partial charge in [0, 0.05) is 30.3 Å². The number of nitrogens with zero attached hydrogens (tertiary/aromatic N) is 3. The fourth-order valence-electron chi connectivity index (χ4n) is 3.39. The van der Waals surface area contributed by atoms with Crippen molar-refractivity contribution in [3.8, 4) is 0 Å². The van der Waals surface area contributed by atoms with Crippen LogP contribution >= 0.6 is 11.3 Å². The minimum Gasteiger partial charge on any atom is -0.376 e. The summed E-state index contributed by atoms with van der Waals surface area (Å²) in [5.74, 6) is 0.327. The van der Waals surface area contributed by atoms with Crippen molar-refractivity contribution in [2.75, 3.05) is 26.3 Å². The van der Waals surface area contributed by atoms with Gasteiger partial charge >= 0.3 is 0 Å². The molecule has 2 fully saturated rings. The van der Waals surface area contributed by atoms with Gasteiger partial charge in [-0.1, -0.05) is 0 Å². The molecule has 0 N–H and O–H groups in total. The first kappa shape index (κ1) is 15.7. The number of likely N-dealkylation sites (tertiary alicyclic amines) is 1. The number of aromatic nitrogens is 2. The first-order chi connectivity index (χ1) is 11.8. The smallest absolute Gasteiger partial charge is 0.273 e. The number of hydrogen-bond acceptors (Lipinski definition) is 6. The number of rotatable bonds is 5. The van der Waals surface area contributed by atoms with Gasteiger partial charge in [0.1, 0.15) is 11.3 Å². The van der Waals surface area contributed by atoms with Gasteiger partial charge in [0.05, 0.1) is 31.8 Å². The lowest BCUT2D eigenvalue weighted by Gasteiger charge is -2.49. The average Bonchev–Trinajstić information content (AvgIpc) is 3.24. The minimum atomic E-state index is -0.232. The second kappa shape index (κ2) is 6.58. The molecule has 0 radical (unpaired) electrons. The molecule has 0 aliphatic carbocycles. The van der Waals surface area contributed by atoms with Crippen molar-refractivity contribution in [3.63, 3.8) is 0 Å². The number of amides is 1. The molecule has 1 spiro atoms. The number of thiazole rings is 1. The second-order valence-electron chi connectivity index (χ2n) is 6.30. The Balaban J connectivity index is 1.30. The van der Waals surface area contributed by atoms with E-state index in [1.165, 1.54) is 11.3 Å². The first-order valence-electron chi connectivity index (χ1n) is 8.05. The molecule has 2 saturated heterocycles. The molecule has 2 aromatic heterocycles. The van der Waals surface area contributed by atoms with Crippen LogP contribution in [0.25, 0.3) is 0 Å². The molecule has 2 aliphatic rings. The second-order valence-corrected chi connectivity index (χ2v) is 7.02. The molecular weight excluding hydrogens is 326 g/mol. The molecule has 6 nitrogen and oxygen atoms in total. The lowest BCUT2D eigenvalue weighted by atomic mass is 9.81. The van der Waals surface area contributed by atoms with Crippen molar-refractivity contribution in [3.05, 3.63) is 46.7 Å². The molecule has 0 aromatic carbocycles. The maximum Gasteiger partial charge on any atom is 0.273 e. The van der Waals surface area contributed by atoms with E-state index >= 15 is 0 Å². The highest BCUT2D eigenvalue weighted by Gasteiger charge is 2.54. The molecule has 1 amide bonds. The average molecular weight is 345 g/mol. The van der Waals surface area contributed by atoms with Crippen molar-refractivity contribution < 1.29 is 14.3 Å². The topological polar surface area (TPSA) is 64.6 Å². The largest absolute Gasteiger partial charge is 0.376 e. The van der Waals surface area contributed by atoms with Crippen LogP contribution in [0.3, 0.4) is 0 Å². The van der Waals surface area contributed by atoms with Gasteiger partial charge in [-0.2, -0.15) is 0 Å². The van der Waals surface area contributed by atoms with Crippen LogP contribution in [-0.4, -0.2) is 52.7 Å². The number of hydrogen-bond donors (Lipinski definition) is 0. The van der Waals surface area contributed by atoms with Crippen LogP contribution < -0.4 is 0 Å². The predicted molar refractivity (Wildman–Crippen MR) is 88.7 cm³/mol. The Labute approximate surface area is 144 Å². The lowest BCUT2D eigenvalue weighted by Crippen LogP contribution is -2.66. The molecule has 4 rings (SSSR count). The van der Waals surface area contributed by atoms with Crippen LogP contribution in [0.5, 0.6) is 0 Å². The van der Waals surface area contributed by atoms with E-state index in [4.69, 9.17) is 9.47 Å². The number of carbonyl (C=O) groups excluding carboxylic acids is 1. The van der Waals surface area contributed by atoms with E-state index in [0.29, 0.717) is 37.9 Å². The Kier molecular flexibility index (Phi) is 4.30. The molecule has 24 heavy (non-hydrogen) atoms. The third-order valence-corrected chi connectivity index (χ3v) is 5.38. The van der Waals surface area contributed by atoms with Gasteiger partial charge in [0.25, 0.3) is 5.91 Å². The summed E-state index contributed by atoms with van der Waals surface area (Å²) >= 11 is 1.44. The van der Waals surface area contributed by atoms with E-state index in [9.17, 15) is 4.79 Å². The number of pyridine rings is 1. The van der Waals surface area contributed by atoms with Crippen LogP contribution in [0.4, 0.5) is 0 Å². The molecule has 7 heteroatoms.